The summed E-state index contributed by atoms with van der Waals surface area (Å²) in [6, 6.07) is 9.34. The van der Waals surface area contributed by atoms with Crippen LogP contribution >= 0.6 is 24.0 Å². The van der Waals surface area contributed by atoms with Crippen molar-refractivity contribution in [1.29, 1.82) is 0 Å². The molecule has 1 saturated carbocycles. The smallest absolute Gasteiger partial charge is 0.191 e. The van der Waals surface area contributed by atoms with Gasteiger partial charge < -0.3 is 15.5 Å². The number of rotatable bonds is 7. The molecule has 5 nitrogen and oxygen atoms in total. The Balaban J connectivity index is 0.00000392. The number of aryl methyl sites for hydroxylation is 1. The minimum Gasteiger partial charge on any atom is -0.354 e. The molecule has 0 spiro atoms. The molecule has 1 aliphatic rings. The van der Waals surface area contributed by atoms with Gasteiger partial charge in [-0.1, -0.05) is 43.2 Å². The van der Waals surface area contributed by atoms with Gasteiger partial charge in [-0.25, -0.2) is 0 Å². The van der Waals surface area contributed by atoms with E-state index in [-0.39, 0.29) is 30.0 Å². The summed E-state index contributed by atoms with van der Waals surface area (Å²) in [5.74, 6) is 1.59. The van der Waals surface area contributed by atoms with Gasteiger partial charge >= 0.3 is 0 Å². The molecule has 160 valence electrons. The fraction of sp³-hybridized carbons (Fsp3) is 0.667. The molecule has 2 N–H and O–H groups in total. The van der Waals surface area contributed by atoms with Crippen LogP contribution in [-0.2, 0) is 10.8 Å². The lowest BCUT2D eigenvalue weighted by Crippen LogP contribution is -2.48. The van der Waals surface area contributed by atoms with Crippen molar-refractivity contribution >= 4 is 40.7 Å². The van der Waals surface area contributed by atoms with Crippen molar-refractivity contribution < 1.29 is 4.21 Å². The highest BCUT2D eigenvalue weighted by atomic mass is 127. The van der Waals surface area contributed by atoms with Gasteiger partial charge in [-0.3, -0.25) is 9.20 Å². The standard InChI is InChI=1S/C21H36N4OS.HI/c1-6-27(26)19-9-7-8-18(14-19)24-21(22-3)23-15-20(25(4)5)17-12-10-16(2)11-13-17;/h10-13,18-20H,6-9,14-15H2,1-5H3,(H2,22,23,24);1H. The molecule has 1 aromatic rings. The molecule has 0 amide bonds. The normalized spacial score (nSPS) is 22.3. The van der Waals surface area contributed by atoms with Gasteiger partial charge in [0, 0.05) is 41.4 Å². The van der Waals surface area contributed by atoms with E-state index in [2.05, 4.69) is 65.8 Å². The number of benzene rings is 1. The lowest BCUT2D eigenvalue weighted by atomic mass is 9.95. The zero-order chi connectivity index (χ0) is 19.8. The predicted molar refractivity (Wildman–Crippen MR) is 132 cm³/mol. The van der Waals surface area contributed by atoms with E-state index < -0.39 is 10.8 Å². The van der Waals surface area contributed by atoms with Crippen LogP contribution in [0.15, 0.2) is 29.3 Å². The van der Waals surface area contributed by atoms with E-state index in [1.807, 2.05) is 14.0 Å². The average molecular weight is 521 g/mol. The van der Waals surface area contributed by atoms with E-state index in [1.165, 1.54) is 11.1 Å². The third-order valence-electron chi connectivity index (χ3n) is 5.40. The maximum absolute atomic E-state index is 12.2. The molecule has 4 unspecified atom stereocenters. The number of nitrogens with zero attached hydrogens (tertiary/aromatic N) is 2. The number of likely N-dealkylation sites (N-methyl/N-ethyl adjacent to an activating group) is 1. The fourth-order valence-corrected chi connectivity index (χ4v) is 5.07. The highest BCUT2D eigenvalue weighted by Gasteiger charge is 2.26. The molecular weight excluding hydrogens is 483 g/mol. The largest absolute Gasteiger partial charge is 0.354 e. The highest BCUT2D eigenvalue weighted by Crippen LogP contribution is 2.23. The third-order valence-corrected chi connectivity index (χ3v) is 7.14. The second-order valence-corrected chi connectivity index (χ2v) is 9.65. The summed E-state index contributed by atoms with van der Waals surface area (Å²) in [6.07, 6.45) is 4.30. The number of guanidine groups is 1. The topological polar surface area (TPSA) is 56.7 Å². The molecule has 0 radical (unpaired) electrons. The van der Waals surface area contributed by atoms with Gasteiger partial charge in [0.1, 0.15) is 0 Å². The highest BCUT2D eigenvalue weighted by molar-refractivity contribution is 14.0. The molecule has 0 aliphatic heterocycles. The molecule has 0 saturated heterocycles. The summed E-state index contributed by atoms with van der Waals surface area (Å²) in [4.78, 5) is 6.64. The van der Waals surface area contributed by atoms with Crippen LogP contribution < -0.4 is 10.6 Å². The maximum Gasteiger partial charge on any atom is 0.191 e. The second kappa shape index (κ2) is 12.8. The summed E-state index contributed by atoms with van der Waals surface area (Å²) in [5, 5.41) is 7.37. The van der Waals surface area contributed by atoms with Crippen LogP contribution in [0.2, 0.25) is 0 Å². The maximum atomic E-state index is 12.2. The second-order valence-electron chi connectivity index (χ2n) is 7.64. The zero-order valence-electron chi connectivity index (χ0n) is 17.9. The van der Waals surface area contributed by atoms with Crippen LogP contribution in [0, 0.1) is 6.92 Å². The Bertz CT molecular complexity index is 636. The monoisotopic (exact) mass is 520 g/mol. The summed E-state index contributed by atoms with van der Waals surface area (Å²) in [6.45, 7) is 4.91. The van der Waals surface area contributed by atoms with Crippen molar-refractivity contribution in [2.45, 2.75) is 56.9 Å². The Morgan fingerprint density at radius 2 is 1.96 bits per heavy atom. The van der Waals surface area contributed by atoms with E-state index in [0.717, 1.165) is 43.9 Å². The zero-order valence-corrected chi connectivity index (χ0v) is 21.1. The number of nitrogens with one attached hydrogen (secondary N) is 2. The molecule has 1 aromatic carbocycles. The van der Waals surface area contributed by atoms with E-state index >= 15 is 0 Å². The van der Waals surface area contributed by atoms with E-state index in [4.69, 9.17) is 0 Å². The molecule has 7 heteroatoms. The van der Waals surface area contributed by atoms with Crippen molar-refractivity contribution in [1.82, 2.24) is 15.5 Å². The first kappa shape index (κ1) is 25.4. The van der Waals surface area contributed by atoms with Crippen LogP contribution in [0.3, 0.4) is 0 Å². The average Bonchev–Trinajstić information content (AvgIpc) is 2.67. The van der Waals surface area contributed by atoms with Crippen LogP contribution in [0.25, 0.3) is 0 Å². The van der Waals surface area contributed by atoms with E-state index in [0.29, 0.717) is 11.3 Å². The summed E-state index contributed by atoms with van der Waals surface area (Å²) in [7, 11) is 5.32. The fourth-order valence-electron chi connectivity index (χ4n) is 3.72. The van der Waals surface area contributed by atoms with Crippen LogP contribution in [0.5, 0.6) is 0 Å². The van der Waals surface area contributed by atoms with Crippen molar-refractivity contribution in [2.24, 2.45) is 4.99 Å². The summed E-state index contributed by atoms with van der Waals surface area (Å²) < 4.78 is 12.2. The van der Waals surface area contributed by atoms with Crippen LogP contribution in [0.4, 0.5) is 0 Å². The minimum atomic E-state index is -0.702. The first-order valence-corrected chi connectivity index (χ1v) is 11.4. The van der Waals surface area contributed by atoms with Crippen LogP contribution in [0.1, 0.15) is 49.8 Å². The van der Waals surface area contributed by atoms with Gasteiger partial charge in [-0.15, -0.1) is 24.0 Å². The molecule has 28 heavy (non-hydrogen) atoms. The lowest BCUT2D eigenvalue weighted by molar-refractivity contribution is 0.297. The number of halogens is 1. The molecule has 0 aromatic heterocycles. The molecule has 1 fully saturated rings. The number of hydrogen-bond acceptors (Lipinski definition) is 3. The molecule has 4 atom stereocenters. The Labute approximate surface area is 190 Å². The van der Waals surface area contributed by atoms with Crippen LogP contribution in [-0.4, -0.2) is 59.8 Å². The first-order chi connectivity index (χ1) is 12.9. The van der Waals surface area contributed by atoms with Crippen molar-refractivity contribution in [2.75, 3.05) is 33.4 Å². The molecule has 1 aliphatic carbocycles. The molecular formula is C21H37IN4OS. The Morgan fingerprint density at radius 1 is 1.29 bits per heavy atom. The van der Waals surface area contributed by atoms with Gasteiger partial charge in [0.25, 0.3) is 0 Å². The van der Waals surface area contributed by atoms with Gasteiger partial charge in [-0.2, -0.15) is 0 Å². The lowest BCUT2D eigenvalue weighted by Gasteiger charge is -2.31. The predicted octanol–water partition coefficient (Wildman–Crippen LogP) is 3.46. The number of aliphatic imine (C=N–C) groups is 1. The molecule has 0 bridgehead atoms. The van der Waals surface area contributed by atoms with Gasteiger partial charge in [0.05, 0.1) is 6.04 Å². The van der Waals surface area contributed by atoms with E-state index in [1.54, 1.807) is 0 Å². The minimum absolute atomic E-state index is 0. The Hall–Kier alpha value is -0.670. The number of hydrogen-bond donors (Lipinski definition) is 2. The van der Waals surface area contributed by atoms with Crippen molar-refractivity contribution in [3.63, 3.8) is 0 Å². The SMILES string of the molecule is CCS(=O)C1CCCC(NC(=NC)NCC(c2ccc(C)cc2)N(C)C)C1.I. The summed E-state index contributed by atoms with van der Waals surface area (Å²) in [5.41, 5.74) is 2.57. The Morgan fingerprint density at radius 3 is 2.54 bits per heavy atom. The van der Waals surface area contributed by atoms with Gasteiger partial charge in [0.15, 0.2) is 5.96 Å². The van der Waals surface area contributed by atoms with E-state index in [9.17, 15) is 4.21 Å². The molecule has 2 rings (SSSR count). The third kappa shape index (κ3) is 7.63. The Kier molecular flexibility index (Phi) is 11.6. The van der Waals surface area contributed by atoms with Gasteiger partial charge in [-0.05, 0) is 45.8 Å². The molecule has 0 heterocycles. The quantitative estimate of drug-likeness (QED) is 0.329. The first-order valence-electron chi connectivity index (χ1n) is 10.0. The van der Waals surface area contributed by atoms with Crippen molar-refractivity contribution in [3.8, 4) is 0 Å². The van der Waals surface area contributed by atoms with Gasteiger partial charge in [0.2, 0.25) is 0 Å². The van der Waals surface area contributed by atoms with Crippen molar-refractivity contribution in [3.05, 3.63) is 35.4 Å². The summed E-state index contributed by atoms with van der Waals surface area (Å²) >= 11 is 0.